The van der Waals surface area contributed by atoms with E-state index >= 15 is 0 Å². The summed E-state index contributed by atoms with van der Waals surface area (Å²) in [6.07, 6.45) is -0.557. The van der Waals surface area contributed by atoms with Gasteiger partial charge in [0.25, 0.3) is 5.91 Å². The Morgan fingerprint density at radius 1 is 1.26 bits per heavy atom. The maximum Gasteiger partial charge on any atom is 0.255 e. The number of primary amides is 1. The highest BCUT2D eigenvalue weighted by Crippen LogP contribution is 2.32. The maximum atomic E-state index is 12.3. The number of fused-ring (bicyclic) bond motifs is 1. The molecule has 23 heavy (non-hydrogen) atoms. The van der Waals surface area contributed by atoms with E-state index in [0.29, 0.717) is 22.4 Å². The van der Waals surface area contributed by atoms with Gasteiger partial charge in [0.15, 0.2) is 0 Å². The van der Waals surface area contributed by atoms with Gasteiger partial charge >= 0.3 is 0 Å². The highest BCUT2D eigenvalue weighted by Gasteiger charge is 2.32. The van der Waals surface area contributed by atoms with Crippen LogP contribution in [0.5, 0.6) is 0 Å². The lowest BCUT2D eigenvalue weighted by Crippen LogP contribution is -2.49. The number of rotatable bonds is 3. The number of benzene rings is 2. The van der Waals surface area contributed by atoms with Crippen LogP contribution in [0.4, 0.5) is 5.69 Å². The van der Waals surface area contributed by atoms with Gasteiger partial charge in [-0.05, 0) is 29.8 Å². The zero-order chi connectivity index (χ0) is 16.4. The fourth-order valence-electron chi connectivity index (χ4n) is 2.72. The predicted molar refractivity (Wildman–Crippen MR) is 84.3 cm³/mol. The molecule has 2 amide bonds. The Bertz CT molecular complexity index is 825. The van der Waals surface area contributed by atoms with Gasteiger partial charge in [-0.15, -0.1) is 0 Å². The van der Waals surface area contributed by atoms with Crippen molar-refractivity contribution in [2.75, 3.05) is 11.4 Å². The van der Waals surface area contributed by atoms with Gasteiger partial charge in [-0.2, -0.15) is 5.26 Å². The van der Waals surface area contributed by atoms with Crippen molar-refractivity contribution in [1.82, 2.24) is 5.32 Å². The standard InChI is InChI=1S/C17H14N4O2/c18-9-11-4-3-5-12(8-11)16-20-17(23)13-6-1-2-7-14(13)21(16)10-15(19)22/h1-8,16H,10H2,(H2,19,22)(H,20,23). The summed E-state index contributed by atoms with van der Waals surface area (Å²) in [5.74, 6) is -0.730. The highest BCUT2D eigenvalue weighted by molar-refractivity contribution is 6.02. The van der Waals surface area contributed by atoms with E-state index in [1.54, 1.807) is 53.4 Å². The van der Waals surface area contributed by atoms with Gasteiger partial charge < -0.3 is 16.0 Å². The number of carbonyl (C=O) groups excluding carboxylic acids is 2. The number of nitrogens with two attached hydrogens (primary N) is 1. The lowest BCUT2D eigenvalue weighted by atomic mass is 10.0. The third kappa shape index (κ3) is 2.72. The zero-order valence-electron chi connectivity index (χ0n) is 12.2. The molecule has 3 rings (SSSR count). The molecule has 3 N–H and O–H groups in total. The van der Waals surface area contributed by atoms with Crippen molar-refractivity contribution in [3.8, 4) is 6.07 Å². The first kappa shape index (κ1) is 14.6. The van der Waals surface area contributed by atoms with E-state index in [-0.39, 0.29) is 12.5 Å². The van der Waals surface area contributed by atoms with Gasteiger partial charge in [-0.25, -0.2) is 0 Å². The van der Waals surface area contributed by atoms with Crippen LogP contribution in [0.25, 0.3) is 0 Å². The molecule has 1 aliphatic heterocycles. The molecule has 0 radical (unpaired) electrons. The third-order valence-electron chi connectivity index (χ3n) is 3.70. The van der Waals surface area contributed by atoms with Crippen molar-refractivity contribution in [3.05, 3.63) is 65.2 Å². The van der Waals surface area contributed by atoms with E-state index in [4.69, 9.17) is 11.0 Å². The van der Waals surface area contributed by atoms with Gasteiger partial charge in [0.1, 0.15) is 6.17 Å². The number of hydrogen-bond donors (Lipinski definition) is 2. The molecule has 1 aliphatic rings. The van der Waals surface area contributed by atoms with E-state index in [2.05, 4.69) is 11.4 Å². The van der Waals surface area contributed by atoms with Gasteiger partial charge in [0.05, 0.1) is 29.4 Å². The number of nitrogens with one attached hydrogen (secondary N) is 1. The minimum atomic E-state index is -0.557. The monoisotopic (exact) mass is 306 g/mol. The van der Waals surface area contributed by atoms with Gasteiger partial charge in [-0.1, -0.05) is 24.3 Å². The molecule has 0 bridgehead atoms. The second-order valence-corrected chi connectivity index (χ2v) is 5.22. The summed E-state index contributed by atoms with van der Waals surface area (Å²) in [6.45, 7) is -0.0429. The topological polar surface area (TPSA) is 99.2 Å². The first-order valence-electron chi connectivity index (χ1n) is 7.05. The quantitative estimate of drug-likeness (QED) is 0.892. The molecule has 1 atom stereocenters. The van der Waals surface area contributed by atoms with Gasteiger partial charge in [0, 0.05) is 0 Å². The van der Waals surface area contributed by atoms with Crippen LogP contribution in [0, 0.1) is 11.3 Å². The number of amides is 2. The minimum Gasteiger partial charge on any atom is -0.368 e. The predicted octanol–water partition coefficient (Wildman–Crippen LogP) is 1.29. The van der Waals surface area contributed by atoms with Crippen LogP contribution in [-0.4, -0.2) is 18.4 Å². The average Bonchev–Trinajstić information content (AvgIpc) is 2.57. The minimum absolute atomic E-state index is 0.0429. The molecule has 2 aromatic rings. The van der Waals surface area contributed by atoms with E-state index in [1.165, 1.54) is 0 Å². The molecule has 0 aliphatic carbocycles. The van der Waals surface area contributed by atoms with Crippen molar-refractivity contribution in [1.29, 1.82) is 5.26 Å². The van der Waals surface area contributed by atoms with Crippen molar-refractivity contribution in [3.63, 3.8) is 0 Å². The number of para-hydroxylation sites is 1. The van der Waals surface area contributed by atoms with Crippen molar-refractivity contribution < 1.29 is 9.59 Å². The molecule has 2 aromatic carbocycles. The normalized spacial score (nSPS) is 16.2. The number of hydrogen-bond acceptors (Lipinski definition) is 4. The summed E-state index contributed by atoms with van der Waals surface area (Å²) in [6, 6.07) is 16.0. The van der Waals surface area contributed by atoms with Crippen molar-refractivity contribution in [2.24, 2.45) is 5.73 Å². The summed E-state index contributed by atoms with van der Waals surface area (Å²) in [5.41, 5.74) is 7.69. The molecular weight excluding hydrogens is 292 g/mol. The van der Waals surface area contributed by atoms with Crippen molar-refractivity contribution >= 4 is 17.5 Å². The van der Waals surface area contributed by atoms with E-state index < -0.39 is 12.1 Å². The van der Waals surface area contributed by atoms with E-state index in [0.717, 1.165) is 0 Å². The SMILES string of the molecule is N#Cc1cccc(C2NC(=O)c3ccccc3N2CC(N)=O)c1. The highest BCUT2D eigenvalue weighted by atomic mass is 16.2. The maximum absolute atomic E-state index is 12.3. The Morgan fingerprint density at radius 2 is 2.04 bits per heavy atom. The van der Waals surface area contributed by atoms with Crippen LogP contribution in [-0.2, 0) is 4.79 Å². The zero-order valence-corrected chi connectivity index (χ0v) is 12.2. The summed E-state index contributed by atoms with van der Waals surface area (Å²) in [4.78, 5) is 25.5. The molecule has 1 heterocycles. The Balaban J connectivity index is 2.10. The van der Waals surface area contributed by atoms with Gasteiger partial charge in [-0.3, -0.25) is 9.59 Å². The fourth-order valence-corrected chi connectivity index (χ4v) is 2.72. The number of nitriles is 1. The van der Waals surface area contributed by atoms with Crippen LogP contribution in [0.3, 0.4) is 0 Å². The summed E-state index contributed by atoms with van der Waals surface area (Å²) < 4.78 is 0. The average molecular weight is 306 g/mol. The number of carbonyl (C=O) groups is 2. The first-order valence-corrected chi connectivity index (χ1v) is 7.05. The lowest BCUT2D eigenvalue weighted by Gasteiger charge is -2.38. The van der Waals surface area contributed by atoms with Crippen molar-refractivity contribution in [2.45, 2.75) is 6.17 Å². The molecule has 6 nitrogen and oxygen atoms in total. The Morgan fingerprint density at radius 3 is 2.78 bits per heavy atom. The summed E-state index contributed by atoms with van der Waals surface area (Å²) >= 11 is 0. The number of nitrogens with zero attached hydrogens (tertiary/aromatic N) is 2. The molecule has 0 aromatic heterocycles. The lowest BCUT2D eigenvalue weighted by molar-refractivity contribution is -0.116. The second kappa shape index (κ2) is 5.81. The molecular formula is C17H14N4O2. The molecule has 0 fully saturated rings. The largest absolute Gasteiger partial charge is 0.368 e. The second-order valence-electron chi connectivity index (χ2n) is 5.22. The van der Waals surface area contributed by atoms with Crippen LogP contribution in [0.1, 0.15) is 27.7 Å². The van der Waals surface area contributed by atoms with E-state index in [9.17, 15) is 9.59 Å². The first-order chi connectivity index (χ1) is 11.1. The molecule has 0 saturated heterocycles. The Kier molecular flexibility index (Phi) is 3.69. The van der Waals surface area contributed by atoms with Crippen LogP contribution in [0.15, 0.2) is 48.5 Å². The number of anilines is 1. The smallest absolute Gasteiger partial charge is 0.255 e. The molecule has 1 unspecified atom stereocenters. The molecule has 114 valence electrons. The molecule has 6 heteroatoms. The Hall–Kier alpha value is -3.33. The van der Waals surface area contributed by atoms with E-state index in [1.807, 2.05) is 0 Å². The van der Waals surface area contributed by atoms with Crippen LogP contribution >= 0.6 is 0 Å². The van der Waals surface area contributed by atoms with Gasteiger partial charge in [0.2, 0.25) is 5.91 Å². The summed E-state index contributed by atoms with van der Waals surface area (Å²) in [7, 11) is 0. The van der Waals surface area contributed by atoms with Crippen LogP contribution in [0.2, 0.25) is 0 Å². The van der Waals surface area contributed by atoms with Crippen LogP contribution < -0.4 is 16.0 Å². The Labute approximate surface area is 133 Å². The summed E-state index contributed by atoms with van der Waals surface area (Å²) in [5, 5.41) is 11.9. The molecule has 0 spiro atoms. The fraction of sp³-hybridized carbons (Fsp3) is 0.118. The molecule has 0 saturated carbocycles. The third-order valence-corrected chi connectivity index (χ3v) is 3.70.